The number of amides is 1. The zero-order valence-electron chi connectivity index (χ0n) is 10.5. The molecule has 0 saturated heterocycles. The molecule has 1 amide bonds. The molecule has 104 valence electrons. The second kappa shape index (κ2) is 7.36. The Bertz CT molecular complexity index is 477. The zero-order valence-corrected chi connectivity index (χ0v) is 12.0. The van der Waals surface area contributed by atoms with Crippen LogP contribution < -0.4 is 5.32 Å². The van der Waals surface area contributed by atoms with Crippen LogP contribution in [0, 0.1) is 0 Å². The van der Waals surface area contributed by atoms with Crippen molar-refractivity contribution in [1.29, 1.82) is 0 Å². The number of hydrogen-bond donors (Lipinski definition) is 2. The molecule has 0 aromatic heterocycles. The van der Waals surface area contributed by atoms with E-state index >= 15 is 0 Å². The first-order valence-electron chi connectivity index (χ1n) is 5.88. The maximum absolute atomic E-state index is 12.0. The number of benzene rings is 1. The SMILES string of the molecule is CC(CCCC(=O)O)NC(=O)c1cc(Cl)ccc1Cl. The van der Waals surface area contributed by atoms with E-state index in [2.05, 4.69) is 5.32 Å². The lowest BCUT2D eigenvalue weighted by atomic mass is 10.1. The standard InChI is InChI=1S/C13H15Cl2NO3/c1-8(3-2-4-12(17)18)16-13(19)10-7-9(14)5-6-11(10)15/h5-8H,2-4H2,1H3,(H,16,19)(H,17,18). The number of carbonyl (C=O) groups is 2. The quantitative estimate of drug-likeness (QED) is 0.847. The van der Waals surface area contributed by atoms with Crippen molar-refractivity contribution < 1.29 is 14.7 Å². The summed E-state index contributed by atoms with van der Waals surface area (Å²) in [5.41, 5.74) is 0.319. The molecule has 1 aromatic rings. The van der Waals surface area contributed by atoms with Gasteiger partial charge in [-0.1, -0.05) is 23.2 Å². The Hall–Kier alpha value is -1.26. The van der Waals surface area contributed by atoms with Crippen molar-refractivity contribution in [2.24, 2.45) is 0 Å². The molecule has 0 fully saturated rings. The van der Waals surface area contributed by atoms with Crippen LogP contribution in [0.4, 0.5) is 0 Å². The Morgan fingerprint density at radius 2 is 2.05 bits per heavy atom. The topological polar surface area (TPSA) is 66.4 Å². The molecule has 1 aromatic carbocycles. The first-order chi connectivity index (χ1) is 8.90. The van der Waals surface area contributed by atoms with Gasteiger partial charge in [-0.15, -0.1) is 0 Å². The molecule has 6 heteroatoms. The fourth-order valence-corrected chi connectivity index (χ4v) is 1.98. The lowest BCUT2D eigenvalue weighted by Gasteiger charge is -2.14. The highest BCUT2D eigenvalue weighted by Crippen LogP contribution is 2.20. The molecule has 4 nitrogen and oxygen atoms in total. The maximum Gasteiger partial charge on any atom is 0.303 e. The first kappa shape index (κ1) is 15.8. The summed E-state index contributed by atoms with van der Waals surface area (Å²) in [5.74, 6) is -1.15. The van der Waals surface area contributed by atoms with E-state index in [0.29, 0.717) is 28.5 Å². The third kappa shape index (κ3) is 5.49. The minimum Gasteiger partial charge on any atom is -0.481 e. The number of hydrogen-bond acceptors (Lipinski definition) is 2. The van der Waals surface area contributed by atoms with Crippen LogP contribution in [0.5, 0.6) is 0 Å². The number of halogens is 2. The van der Waals surface area contributed by atoms with Crippen molar-refractivity contribution in [3.05, 3.63) is 33.8 Å². The summed E-state index contributed by atoms with van der Waals surface area (Å²) >= 11 is 11.7. The zero-order chi connectivity index (χ0) is 14.4. The van der Waals surface area contributed by atoms with Gasteiger partial charge in [0, 0.05) is 17.5 Å². The van der Waals surface area contributed by atoms with Crippen molar-refractivity contribution in [3.8, 4) is 0 Å². The van der Waals surface area contributed by atoms with Gasteiger partial charge < -0.3 is 10.4 Å². The second-order valence-corrected chi connectivity index (χ2v) is 5.13. The molecular formula is C13H15Cl2NO3. The van der Waals surface area contributed by atoms with Crippen LogP contribution in [-0.2, 0) is 4.79 Å². The van der Waals surface area contributed by atoms with E-state index in [1.54, 1.807) is 12.1 Å². The molecule has 19 heavy (non-hydrogen) atoms. The lowest BCUT2D eigenvalue weighted by Crippen LogP contribution is -2.32. The fourth-order valence-electron chi connectivity index (χ4n) is 1.60. The first-order valence-corrected chi connectivity index (χ1v) is 6.63. The molecule has 0 radical (unpaired) electrons. The number of carbonyl (C=O) groups excluding carboxylic acids is 1. The van der Waals surface area contributed by atoms with Gasteiger partial charge in [-0.25, -0.2) is 0 Å². The molecule has 0 bridgehead atoms. The van der Waals surface area contributed by atoms with E-state index in [9.17, 15) is 9.59 Å². The minimum atomic E-state index is -0.837. The second-order valence-electron chi connectivity index (χ2n) is 4.28. The molecule has 2 N–H and O–H groups in total. The summed E-state index contributed by atoms with van der Waals surface area (Å²) < 4.78 is 0. The summed E-state index contributed by atoms with van der Waals surface area (Å²) in [6.45, 7) is 1.82. The highest BCUT2D eigenvalue weighted by Gasteiger charge is 2.13. The van der Waals surface area contributed by atoms with Gasteiger partial charge in [-0.3, -0.25) is 9.59 Å². The number of aliphatic carboxylic acids is 1. The van der Waals surface area contributed by atoms with Crippen molar-refractivity contribution in [3.63, 3.8) is 0 Å². The molecule has 0 heterocycles. The van der Waals surface area contributed by atoms with Crippen molar-refractivity contribution in [2.75, 3.05) is 0 Å². The van der Waals surface area contributed by atoms with Crippen LogP contribution in [0.2, 0.25) is 10.0 Å². The van der Waals surface area contributed by atoms with E-state index in [-0.39, 0.29) is 18.4 Å². The van der Waals surface area contributed by atoms with E-state index in [4.69, 9.17) is 28.3 Å². The van der Waals surface area contributed by atoms with Crippen LogP contribution in [0.25, 0.3) is 0 Å². The van der Waals surface area contributed by atoms with E-state index in [0.717, 1.165) is 0 Å². The largest absolute Gasteiger partial charge is 0.481 e. The Balaban J connectivity index is 2.54. The predicted molar refractivity (Wildman–Crippen MR) is 74.9 cm³/mol. The van der Waals surface area contributed by atoms with E-state index < -0.39 is 5.97 Å². The predicted octanol–water partition coefficient (Wildman–Crippen LogP) is 3.37. The summed E-state index contributed by atoms with van der Waals surface area (Å²) in [4.78, 5) is 22.3. The molecular weight excluding hydrogens is 289 g/mol. The van der Waals surface area contributed by atoms with E-state index in [1.165, 1.54) is 6.07 Å². The number of carboxylic acid groups (broad SMARTS) is 1. The lowest BCUT2D eigenvalue weighted by molar-refractivity contribution is -0.137. The molecule has 0 aliphatic carbocycles. The van der Waals surface area contributed by atoms with Gasteiger partial charge in [0.1, 0.15) is 0 Å². The van der Waals surface area contributed by atoms with Gasteiger partial charge >= 0.3 is 5.97 Å². The number of rotatable bonds is 6. The van der Waals surface area contributed by atoms with Crippen molar-refractivity contribution >= 4 is 35.1 Å². The third-order valence-corrected chi connectivity index (χ3v) is 3.14. The van der Waals surface area contributed by atoms with Gasteiger partial charge in [0.15, 0.2) is 0 Å². The van der Waals surface area contributed by atoms with Gasteiger partial charge in [0.25, 0.3) is 5.91 Å². The molecule has 1 unspecified atom stereocenters. The van der Waals surface area contributed by atoms with Gasteiger partial charge in [-0.2, -0.15) is 0 Å². The van der Waals surface area contributed by atoms with Crippen LogP contribution >= 0.6 is 23.2 Å². The average molecular weight is 304 g/mol. The van der Waals surface area contributed by atoms with Gasteiger partial charge in [-0.05, 0) is 38.0 Å². The normalized spacial score (nSPS) is 11.9. The van der Waals surface area contributed by atoms with Crippen LogP contribution in [0.3, 0.4) is 0 Å². The number of nitrogens with one attached hydrogen (secondary N) is 1. The molecule has 0 aliphatic rings. The van der Waals surface area contributed by atoms with Crippen LogP contribution in [0.15, 0.2) is 18.2 Å². The molecule has 0 aliphatic heterocycles. The maximum atomic E-state index is 12.0. The molecule has 1 rings (SSSR count). The van der Waals surface area contributed by atoms with Gasteiger partial charge in [0.2, 0.25) is 0 Å². The Morgan fingerprint density at radius 1 is 1.37 bits per heavy atom. The number of carboxylic acids is 1. The van der Waals surface area contributed by atoms with Crippen molar-refractivity contribution in [2.45, 2.75) is 32.2 Å². The molecule has 0 spiro atoms. The minimum absolute atomic E-state index is 0.0954. The summed E-state index contributed by atoms with van der Waals surface area (Å²) in [5, 5.41) is 12.1. The summed E-state index contributed by atoms with van der Waals surface area (Å²) in [6.07, 6.45) is 1.20. The summed E-state index contributed by atoms with van der Waals surface area (Å²) in [6, 6.07) is 4.55. The fraction of sp³-hybridized carbons (Fsp3) is 0.385. The average Bonchev–Trinajstić information content (AvgIpc) is 2.31. The molecule has 0 saturated carbocycles. The Morgan fingerprint density at radius 3 is 2.68 bits per heavy atom. The highest BCUT2D eigenvalue weighted by atomic mass is 35.5. The van der Waals surface area contributed by atoms with Crippen molar-refractivity contribution in [1.82, 2.24) is 5.32 Å². The Labute approximate surface area is 121 Å². The monoisotopic (exact) mass is 303 g/mol. The highest BCUT2D eigenvalue weighted by molar-refractivity contribution is 6.35. The summed E-state index contributed by atoms with van der Waals surface area (Å²) in [7, 11) is 0. The smallest absolute Gasteiger partial charge is 0.303 e. The third-order valence-electron chi connectivity index (χ3n) is 2.58. The van der Waals surface area contributed by atoms with Crippen LogP contribution in [-0.4, -0.2) is 23.0 Å². The van der Waals surface area contributed by atoms with E-state index in [1.807, 2.05) is 6.92 Å². The van der Waals surface area contributed by atoms with Crippen LogP contribution in [0.1, 0.15) is 36.5 Å². The van der Waals surface area contributed by atoms with Gasteiger partial charge in [0.05, 0.1) is 10.6 Å². The molecule has 1 atom stereocenters. The Kier molecular flexibility index (Phi) is 6.12.